The first-order chi connectivity index (χ1) is 12.3. The lowest BCUT2D eigenvalue weighted by Crippen LogP contribution is -2.00. The summed E-state index contributed by atoms with van der Waals surface area (Å²) in [6.07, 6.45) is 1.02. The molecule has 0 atom stereocenters. The summed E-state index contributed by atoms with van der Waals surface area (Å²) in [4.78, 5) is 0. The second kappa shape index (κ2) is 6.98. The van der Waals surface area contributed by atoms with Crippen LogP contribution in [0.5, 0.6) is 5.75 Å². The summed E-state index contributed by atoms with van der Waals surface area (Å²) in [5, 5.41) is 3.34. The van der Waals surface area contributed by atoms with Crippen molar-refractivity contribution in [2.45, 2.75) is 19.7 Å². The van der Waals surface area contributed by atoms with Gasteiger partial charge in [-0.05, 0) is 58.5 Å². The molecule has 0 aromatic heterocycles. The molecule has 3 aromatic carbocycles. The predicted molar refractivity (Wildman–Crippen MR) is 99.7 cm³/mol. The highest BCUT2D eigenvalue weighted by molar-refractivity contribution is 5.64. The Morgan fingerprint density at radius 1 is 0.880 bits per heavy atom. The van der Waals surface area contributed by atoms with Crippen LogP contribution >= 0.6 is 0 Å². The quantitative estimate of drug-likeness (QED) is 0.678. The minimum absolute atomic E-state index is 0.376. The van der Waals surface area contributed by atoms with Crippen LogP contribution in [0.2, 0.25) is 0 Å². The van der Waals surface area contributed by atoms with E-state index in [-0.39, 0.29) is 0 Å². The highest BCUT2D eigenvalue weighted by Crippen LogP contribution is 2.28. The van der Waals surface area contributed by atoms with Gasteiger partial charge in [0.25, 0.3) is 0 Å². The first-order valence-corrected chi connectivity index (χ1v) is 8.56. The Labute approximate surface area is 147 Å². The summed E-state index contributed by atoms with van der Waals surface area (Å²) in [6.45, 7) is 0.861. The number of benzene rings is 3. The largest absolute Gasteiger partial charge is 0.489 e. The highest BCUT2D eigenvalue weighted by Gasteiger charge is 2.11. The molecule has 0 saturated carbocycles. The van der Waals surface area contributed by atoms with Crippen molar-refractivity contribution in [3.8, 4) is 16.9 Å². The van der Waals surface area contributed by atoms with Gasteiger partial charge in [0, 0.05) is 12.2 Å². The number of rotatable bonds is 5. The Balaban J connectivity index is 1.52. The summed E-state index contributed by atoms with van der Waals surface area (Å²) >= 11 is 0. The third-order valence-corrected chi connectivity index (χ3v) is 4.64. The minimum atomic E-state index is -0.493. The van der Waals surface area contributed by atoms with Gasteiger partial charge in [-0.25, -0.2) is 4.39 Å². The molecule has 3 heteroatoms. The average Bonchev–Trinajstić information content (AvgIpc) is 3.14. The lowest BCUT2D eigenvalue weighted by molar-refractivity contribution is 0.303. The van der Waals surface area contributed by atoms with Crippen molar-refractivity contribution in [2.24, 2.45) is 0 Å². The maximum atomic E-state index is 13.5. The van der Waals surface area contributed by atoms with E-state index in [0.29, 0.717) is 12.2 Å². The molecule has 1 N–H and O–H groups in total. The maximum Gasteiger partial charge on any atom is 0.120 e. The lowest BCUT2D eigenvalue weighted by Gasteiger charge is -2.12. The predicted octanol–water partition coefficient (Wildman–Crippen LogP) is 5.37. The molecule has 126 valence electrons. The monoisotopic (exact) mass is 333 g/mol. The molecule has 0 spiro atoms. The molecular formula is C22H20FNO. The van der Waals surface area contributed by atoms with Crippen molar-refractivity contribution in [2.75, 3.05) is 11.9 Å². The molecule has 0 bridgehead atoms. The van der Waals surface area contributed by atoms with Gasteiger partial charge < -0.3 is 10.1 Å². The van der Waals surface area contributed by atoms with E-state index in [9.17, 15) is 4.39 Å². The summed E-state index contributed by atoms with van der Waals surface area (Å²) in [5.74, 6) is 0.833. The van der Waals surface area contributed by atoms with Crippen LogP contribution in [-0.4, -0.2) is 6.54 Å². The molecule has 0 radical (unpaired) electrons. The fourth-order valence-electron chi connectivity index (χ4n) is 3.23. The number of halogens is 1. The van der Waals surface area contributed by atoms with E-state index in [1.807, 2.05) is 60.7 Å². The van der Waals surface area contributed by atoms with Crippen LogP contribution in [-0.2, 0) is 19.7 Å². The molecular weight excluding hydrogens is 313 g/mol. The summed E-state index contributed by atoms with van der Waals surface area (Å²) in [6, 6.07) is 22.0. The van der Waals surface area contributed by atoms with Crippen LogP contribution in [0.4, 0.5) is 10.1 Å². The van der Waals surface area contributed by atoms with Gasteiger partial charge in [-0.1, -0.05) is 42.5 Å². The Hall–Kier alpha value is -2.81. The molecule has 4 rings (SSSR count). The normalized spacial score (nSPS) is 12.5. The Bertz CT molecular complexity index is 876. The standard InChI is InChI=1S/C22H20FNO/c23-14-20-12-17(16-4-2-1-3-5-16)6-7-19(20)15-25-21-8-9-22-18(13-21)10-11-24-22/h1-9,12-13,24H,10-11,14-15H2. The van der Waals surface area contributed by atoms with Gasteiger partial charge in [-0.2, -0.15) is 0 Å². The Morgan fingerprint density at radius 3 is 2.60 bits per heavy atom. The Kier molecular flexibility index (Phi) is 4.38. The zero-order valence-corrected chi connectivity index (χ0v) is 14.0. The van der Waals surface area contributed by atoms with Crippen LogP contribution in [0.25, 0.3) is 11.1 Å². The van der Waals surface area contributed by atoms with Crippen LogP contribution in [0.1, 0.15) is 16.7 Å². The molecule has 1 aliphatic heterocycles. The van der Waals surface area contributed by atoms with Crippen molar-refractivity contribution >= 4 is 5.69 Å². The molecule has 0 saturated heterocycles. The van der Waals surface area contributed by atoms with Gasteiger partial charge in [0.2, 0.25) is 0 Å². The molecule has 25 heavy (non-hydrogen) atoms. The van der Waals surface area contributed by atoms with Crippen molar-refractivity contribution in [3.05, 3.63) is 83.4 Å². The number of nitrogens with one attached hydrogen (secondary N) is 1. The van der Waals surface area contributed by atoms with Crippen LogP contribution in [0.15, 0.2) is 66.7 Å². The van der Waals surface area contributed by atoms with Crippen LogP contribution in [0, 0.1) is 0 Å². The van der Waals surface area contributed by atoms with Gasteiger partial charge in [-0.15, -0.1) is 0 Å². The highest BCUT2D eigenvalue weighted by atomic mass is 19.1. The zero-order chi connectivity index (χ0) is 17.1. The number of hydrogen-bond acceptors (Lipinski definition) is 2. The first-order valence-electron chi connectivity index (χ1n) is 8.56. The number of anilines is 1. The van der Waals surface area contributed by atoms with E-state index < -0.39 is 6.67 Å². The van der Waals surface area contributed by atoms with Crippen LogP contribution in [0.3, 0.4) is 0 Å². The fourth-order valence-corrected chi connectivity index (χ4v) is 3.23. The lowest BCUT2D eigenvalue weighted by atomic mass is 10.00. The van der Waals surface area contributed by atoms with Gasteiger partial charge in [0.05, 0.1) is 0 Å². The SMILES string of the molecule is FCc1cc(-c2ccccc2)ccc1COc1ccc2c(c1)CCN2. The summed E-state index contributed by atoms with van der Waals surface area (Å²) < 4.78 is 19.4. The number of ether oxygens (including phenoxy) is 1. The smallest absolute Gasteiger partial charge is 0.120 e. The van der Waals surface area contributed by atoms with E-state index in [1.54, 1.807) is 0 Å². The molecule has 1 aliphatic rings. The average molecular weight is 333 g/mol. The molecule has 0 fully saturated rings. The third-order valence-electron chi connectivity index (χ3n) is 4.64. The van der Waals surface area contributed by atoms with E-state index >= 15 is 0 Å². The van der Waals surface area contributed by atoms with E-state index in [0.717, 1.165) is 35.4 Å². The van der Waals surface area contributed by atoms with Crippen molar-refractivity contribution < 1.29 is 9.13 Å². The Morgan fingerprint density at radius 2 is 1.76 bits per heavy atom. The number of alkyl halides is 1. The van der Waals surface area contributed by atoms with Gasteiger partial charge in [0.1, 0.15) is 19.0 Å². The minimum Gasteiger partial charge on any atom is -0.489 e. The van der Waals surface area contributed by atoms with E-state index in [2.05, 4.69) is 11.4 Å². The fraction of sp³-hybridized carbons (Fsp3) is 0.182. The molecule has 3 aromatic rings. The van der Waals surface area contributed by atoms with Gasteiger partial charge in [0.15, 0.2) is 0 Å². The molecule has 1 heterocycles. The van der Waals surface area contributed by atoms with E-state index in [4.69, 9.17) is 4.74 Å². The van der Waals surface area contributed by atoms with Crippen molar-refractivity contribution in [1.29, 1.82) is 0 Å². The molecule has 0 amide bonds. The van der Waals surface area contributed by atoms with Crippen LogP contribution < -0.4 is 10.1 Å². The van der Waals surface area contributed by atoms with Gasteiger partial charge in [-0.3, -0.25) is 0 Å². The summed E-state index contributed by atoms with van der Waals surface area (Å²) in [7, 11) is 0. The third kappa shape index (κ3) is 3.36. The van der Waals surface area contributed by atoms with Crippen molar-refractivity contribution in [1.82, 2.24) is 0 Å². The van der Waals surface area contributed by atoms with Gasteiger partial charge >= 0.3 is 0 Å². The number of fused-ring (bicyclic) bond motifs is 1. The van der Waals surface area contributed by atoms with E-state index in [1.165, 1.54) is 11.3 Å². The second-order valence-corrected chi connectivity index (χ2v) is 6.27. The number of hydrogen-bond donors (Lipinski definition) is 1. The topological polar surface area (TPSA) is 21.3 Å². The van der Waals surface area contributed by atoms with Crippen molar-refractivity contribution in [3.63, 3.8) is 0 Å². The first kappa shape index (κ1) is 15.7. The summed E-state index contributed by atoms with van der Waals surface area (Å²) in [5.41, 5.74) is 6.16. The molecule has 0 unspecified atom stereocenters. The zero-order valence-electron chi connectivity index (χ0n) is 14.0. The molecule has 2 nitrogen and oxygen atoms in total. The maximum absolute atomic E-state index is 13.5. The molecule has 0 aliphatic carbocycles. The second-order valence-electron chi connectivity index (χ2n) is 6.27.